The first-order chi connectivity index (χ1) is 17.3. The highest BCUT2D eigenvalue weighted by Gasteiger charge is 2.40. The molecule has 0 spiro atoms. The average molecular weight is 505 g/mol. The van der Waals surface area contributed by atoms with Gasteiger partial charge in [-0.15, -0.1) is 0 Å². The van der Waals surface area contributed by atoms with Gasteiger partial charge in [0.1, 0.15) is 17.0 Å². The van der Waals surface area contributed by atoms with Gasteiger partial charge in [0.25, 0.3) is 0 Å². The van der Waals surface area contributed by atoms with E-state index in [9.17, 15) is 15.3 Å². The number of phenolic OH excluding ortho intramolecular Hbond substituents is 3. The van der Waals surface area contributed by atoms with E-state index in [0.29, 0.717) is 17.4 Å². The molecule has 3 aromatic rings. The highest BCUT2D eigenvalue weighted by atomic mass is 16.5. The summed E-state index contributed by atoms with van der Waals surface area (Å²) in [5.74, 6) is 1.84. The standard InChI is InChI=1S/C32H40O5/c1-30(2,3)36-28-19-23(9-13-26(28)34)32(24-10-14-27(35)29(20-24)37-31(4,5)6)17-15-22(16-18-32)21-7-11-25(33)12-8-21/h7-14,19-20,22,33-35H,15-18H2,1-6H3. The minimum Gasteiger partial charge on any atom is -0.508 e. The molecule has 0 atom stereocenters. The van der Waals surface area contributed by atoms with Crippen LogP contribution >= 0.6 is 0 Å². The van der Waals surface area contributed by atoms with Crippen LogP contribution in [0.1, 0.15) is 89.8 Å². The van der Waals surface area contributed by atoms with Crippen molar-refractivity contribution in [2.24, 2.45) is 0 Å². The molecule has 0 aromatic heterocycles. The van der Waals surface area contributed by atoms with E-state index in [1.807, 2.05) is 77.9 Å². The molecule has 0 unspecified atom stereocenters. The number of phenols is 3. The summed E-state index contributed by atoms with van der Waals surface area (Å²) < 4.78 is 12.2. The van der Waals surface area contributed by atoms with Gasteiger partial charge < -0.3 is 24.8 Å². The third kappa shape index (κ3) is 6.15. The molecule has 0 bridgehead atoms. The zero-order valence-corrected chi connectivity index (χ0v) is 22.8. The topological polar surface area (TPSA) is 79.2 Å². The lowest BCUT2D eigenvalue weighted by atomic mass is 9.62. The molecule has 0 radical (unpaired) electrons. The van der Waals surface area contributed by atoms with Crippen LogP contribution in [-0.2, 0) is 5.41 Å². The van der Waals surface area contributed by atoms with Crippen LogP contribution in [0.15, 0.2) is 60.7 Å². The van der Waals surface area contributed by atoms with Crippen LogP contribution in [0.4, 0.5) is 0 Å². The summed E-state index contributed by atoms with van der Waals surface area (Å²) in [6.45, 7) is 11.8. The normalized spacial score (nSPS) is 16.4. The van der Waals surface area contributed by atoms with Gasteiger partial charge in [-0.3, -0.25) is 0 Å². The molecule has 1 fully saturated rings. The molecule has 4 rings (SSSR count). The Morgan fingerprint density at radius 2 is 1.08 bits per heavy atom. The van der Waals surface area contributed by atoms with Crippen molar-refractivity contribution in [3.63, 3.8) is 0 Å². The molecular formula is C32H40O5. The Bertz CT molecular complexity index is 1160. The summed E-state index contributed by atoms with van der Waals surface area (Å²) in [4.78, 5) is 0. The average Bonchev–Trinajstić information content (AvgIpc) is 2.81. The number of rotatable bonds is 5. The van der Waals surface area contributed by atoms with Crippen LogP contribution in [0, 0.1) is 0 Å². The van der Waals surface area contributed by atoms with Gasteiger partial charge >= 0.3 is 0 Å². The van der Waals surface area contributed by atoms with Gasteiger partial charge in [-0.05, 0) is 126 Å². The van der Waals surface area contributed by atoms with Crippen molar-refractivity contribution in [2.45, 2.75) is 89.8 Å². The number of benzene rings is 3. The molecule has 0 amide bonds. The van der Waals surface area contributed by atoms with E-state index in [-0.39, 0.29) is 22.7 Å². The molecule has 5 heteroatoms. The molecule has 3 N–H and O–H groups in total. The van der Waals surface area contributed by atoms with Gasteiger partial charge in [0.15, 0.2) is 23.0 Å². The lowest BCUT2D eigenvalue weighted by Gasteiger charge is -2.42. The number of hydrogen-bond donors (Lipinski definition) is 3. The highest BCUT2D eigenvalue weighted by molar-refractivity contribution is 5.52. The third-order valence-corrected chi connectivity index (χ3v) is 7.06. The Kier molecular flexibility index (Phi) is 7.11. The molecule has 0 heterocycles. The van der Waals surface area contributed by atoms with Crippen molar-refractivity contribution >= 4 is 0 Å². The van der Waals surface area contributed by atoms with Crippen molar-refractivity contribution in [1.82, 2.24) is 0 Å². The number of aromatic hydroxyl groups is 3. The molecule has 1 aliphatic rings. The summed E-state index contributed by atoms with van der Waals surface area (Å²) in [6, 6.07) is 18.9. The fraction of sp³-hybridized carbons (Fsp3) is 0.438. The van der Waals surface area contributed by atoms with Crippen LogP contribution < -0.4 is 9.47 Å². The van der Waals surface area contributed by atoms with Crippen molar-refractivity contribution in [2.75, 3.05) is 0 Å². The third-order valence-electron chi connectivity index (χ3n) is 7.06. The molecule has 5 nitrogen and oxygen atoms in total. The minimum absolute atomic E-state index is 0.120. The number of hydrogen-bond acceptors (Lipinski definition) is 5. The monoisotopic (exact) mass is 504 g/mol. The lowest BCUT2D eigenvalue weighted by molar-refractivity contribution is 0.125. The van der Waals surface area contributed by atoms with Crippen LogP contribution in [0.2, 0.25) is 0 Å². The van der Waals surface area contributed by atoms with E-state index in [1.165, 1.54) is 5.56 Å². The van der Waals surface area contributed by atoms with E-state index >= 15 is 0 Å². The van der Waals surface area contributed by atoms with E-state index in [1.54, 1.807) is 24.3 Å². The molecule has 0 aliphatic heterocycles. The molecule has 1 saturated carbocycles. The second-order valence-corrected chi connectivity index (χ2v) is 12.2. The second-order valence-electron chi connectivity index (χ2n) is 12.2. The minimum atomic E-state index is -0.452. The Labute approximate surface area is 220 Å². The number of ether oxygens (including phenoxy) is 2. The van der Waals surface area contributed by atoms with Crippen LogP contribution in [0.3, 0.4) is 0 Å². The van der Waals surface area contributed by atoms with Crippen LogP contribution in [0.25, 0.3) is 0 Å². The fourth-order valence-electron chi connectivity index (χ4n) is 5.38. The van der Waals surface area contributed by atoms with E-state index in [4.69, 9.17) is 9.47 Å². The molecule has 198 valence electrons. The Morgan fingerprint density at radius 1 is 0.649 bits per heavy atom. The smallest absolute Gasteiger partial charge is 0.162 e. The van der Waals surface area contributed by atoms with Crippen molar-refractivity contribution in [3.8, 4) is 28.7 Å². The van der Waals surface area contributed by atoms with Crippen LogP contribution in [-0.4, -0.2) is 26.5 Å². The summed E-state index contributed by atoms with van der Waals surface area (Å²) >= 11 is 0. The molecule has 0 saturated heterocycles. The van der Waals surface area contributed by atoms with Crippen molar-refractivity contribution in [1.29, 1.82) is 0 Å². The van der Waals surface area contributed by atoms with Crippen molar-refractivity contribution < 1.29 is 24.8 Å². The highest BCUT2D eigenvalue weighted by Crippen LogP contribution is 2.51. The Hall–Kier alpha value is -3.34. The summed E-state index contributed by atoms with van der Waals surface area (Å²) in [5, 5.41) is 30.9. The summed E-state index contributed by atoms with van der Waals surface area (Å²) in [5.41, 5.74) is 2.12. The predicted molar refractivity (Wildman–Crippen MR) is 147 cm³/mol. The van der Waals surface area contributed by atoms with E-state index in [2.05, 4.69) is 0 Å². The van der Waals surface area contributed by atoms with Gasteiger partial charge in [-0.1, -0.05) is 24.3 Å². The molecule has 3 aromatic carbocycles. The summed E-state index contributed by atoms with van der Waals surface area (Å²) in [7, 11) is 0. The van der Waals surface area contributed by atoms with Crippen LogP contribution in [0.5, 0.6) is 28.7 Å². The molecule has 37 heavy (non-hydrogen) atoms. The second kappa shape index (κ2) is 9.85. The van der Waals surface area contributed by atoms with Gasteiger partial charge in [-0.25, -0.2) is 0 Å². The predicted octanol–water partition coefficient (Wildman–Crippen LogP) is 7.80. The van der Waals surface area contributed by atoms with Gasteiger partial charge in [0.05, 0.1) is 0 Å². The first-order valence-corrected chi connectivity index (χ1v) is 13.1. The van der Waals surface area contributed by atoms with Crippen molar-refractivity contribution in [3.05, 3.63) is 77.4 Å². The SMILES string of the molecule is CC(C)(C)Oc1cc(C2(c3ccc(O)c(OC(C)(C)C)c3)CCC(c3ccc(O)cc3)CC2)ccc1O. The zero-order chi connectivity index (χ0) is 27.0. The zero-order valence-electron chi connectivity index (χ0n) is 22.8. The largest absolute Gasteiger partial charge is 0.508 e. The lowest BCUT2D eigenvalue weighted by Crippen LogP contribution is -2.33. The van der Waals surface area contributed by atoms with E-state index in [0.717, 1.165) is 36.8 Å². The van der Waals surface area contributed by atoms with Gasteiger partial charge in [0.2, 0.25) is 0 Å². The maximum Gasteiger partial charge on any atom is 0.162 e. The van der Waals surface area contributed by atoms with Gasteiger partial charge in [-0.2, -0.15) is 0 Å². The maximum atomic E-state index is 10.6. The maximum absolute atomic E-state index is 10.6. The Balaban J connectivity index is 1.78. The fourth-order valence-corrected chi connectivity index (χ4v) is 5.38. The Morgan fingerprint density at radius 3 is 1.49 bits per heavy atom. The quantitative estimate of drug-likeness (QED) is 0.330. The summed E-state index contributed by atoms with van der Waals surface area (Å²) in [6.07, 6.45) is 3.66. The van der Waals surface area contributed by atoms with Gasteiger partial charge in [0, 0.05) is 5.41 Å². The van der Waals surface area contributed by atoms with E-state index < -0.39 is 11.2 Å². The molecule has 1 aliphatic carbocycles. The first kappa shape index (κ1) is 26.7. The first-order valence-electron chi connectivity index (χ1n) is 13.1. The molecular weight excluding hydrogens is 464 g/mol.